The first-order valence-electron chi connectivity index (χ1n) is 6.64. The van der Waals surface area contributed by atoms with Gasteiger partial charge in [0.25, 0.3) is 0 Å². The van der Waals surface area contributed by atoms with E-state index in [1.807, 2.05) is 42.5 Å². The summed E-state index contributed by atoms with van der Waals surface area (Å²) in [7, 11) is 0. The van der Waals surface area contributed by atoms with Crippen LogP contribution < -0.4 is 10.6 Å². The second-order valence-electron chi connectivity index (χ2n) is 4.73. The first kappa shape index (κ1) is 14.4. The van der Waals surface area contributed by atoms with Gasteiger partial charge in [0.2, 0.25) is 0 Å². The summed E-state index contributed by atoms with van der Waals surface area (Å²) in [5.74, 6) is -1.32. The highest BCUT2D eigenvalue weighted by Gasteiger charge is 2.07. The summed E-state index contributed by atoms with van der Waals surface area (Å²) in [6.07, 6.45) is 0. The Kier molecular flexibility index (Phi) is 3.98. The highest BCUT2D eigenvalue weighted by molar-refractivity contribution is 7.80. The van der Waals surface area contributed by atoms with Crippen molar-refractivity contribution in [1.82, 2.24) is 0 Å². The third-order valence-electron chi connectivity index (χ3n) is 3.22. The van der Waals surface area contributed by atoms with E-state index in [0.29, 0.717) is 0 Å². The Bertz CT molecular complexity index is 844. The molecule has 0 spiro atoms. The molecule has 110 valence electrons. The second kappa shape index (κ2) is 6.07. The van der Waals surface area contributed by atoms with Crippen molar-refractivity contribution >= 4 is 39.5 Å². The summed E-state index contributed by atoms with van der Waals surface area (Å²) in [4.78, 5) is 0. The Morgan fingerprint density at radius 1 is 0.818 bits per heavy atom. The van der Waals surface area contributed by atoms with Crippen LogP contribution in [-0.4, -0.2) is 5.11 Å². The fourth-order valence-electron chi connectivity index (χ4n) is 2.20. The van der Waals surface area contributed by atoms with Crippen LogP contribution in [0.4, 0.5) is 20.2 Å². The fourth-order valence-corrected chi connectivity index (χ4v) is 2.42. The molecular formula is C17H12F2N2S. The number of nitrogens with one attached hydrogen (secondary N) is 2. The molecule has 0 heterocycles. The van der Waals surface area contributed by atoms with E-state index >= 15 is 0 Å². The minimum atomic E-state index is -0.693. The molecule has 0 radical (unpaired) electrons. The monoisotopic (exact) mass is 314 g/mol. The van der Waals surface area contributed by atoms with Gasteiger partial charge in [0.15, 0.2) is 5.11 Å². The molecule has 2 nitrogen and oxygen atoms in total. The molecule has 0 saturated heterocycles. The van der Waals surface area contributed by atoms with Gasteiger partial charge in [-0.1, -0.05) is 36.4 Å². The lowest BCUT2D eigenvalue weighted by atomic mass is 10.1. The summed E-state index contributed by atoms with van der Waals surface area (Å²) in [5, 5.41) is 8.08. The maximum absolute atomic E-state index is 13.6. The van der Waals surface area contributed by atoms with Gasteiger partial charge in [-0.05, 0) is 35.8 Å². The minimum Gasteiger partial charge on any atom is -0.332 e. The highest BCUT2D eigenvalue weighted by Crippen LogP contribution is 2.23. The lowest BCUT2D eigenvalue weighted by molar-refractivity contribution is 0.586. The fraction of sp³-hybridized carbons (Fsp3) is 0. The van der Waals surface area contributed by atoms with Crippen molar-refractivity contribution in [2.45, 2.75) is 0 Å². The molecule has 3 rings (SSSR count). The molecule has 0 aliphatic heterocycles. The van der Waals surface area contributed by atoms with Crippen molar-refractivity contribution in [2.75, 3.05) is 10.6 Å². The van der Waals surface area contributed by atoms with Crippen LogP contribution in [0.5, 0.6) is 0 Å². The van der Waals surface area contributed by atoms with Gasteiger partial charge in [-0.15, -0.1) is 0 Å². The number of anilines is 2. The number of fused-ring (bicyclic) bond motifs is 1. The van der Waals surface area contributed by atoms with E-state index in [1.54, 1.807) is 0 Å². The average Bonchev–Trinajstić information content (AvgIpc) is 2.50. The molecular weight excluding hydrogens is 302 g/mol. The van der Waals surface area contributed by atoms with Gasteiger partial charge in [-0.2, -0.15) is 0 Å². The van der Waals surface area contributed by atoms with E-state index in [0.717, 1.165) is 22.5 Å². The van der Waals surface area contributed by atoms with Gasteiger partial charge in [0.1, 0.15) is 11.6 Å². The smallest absolute Gasteiger partial charge is 0.175 e. The number of rotatable bonds is 2. The topological polar surface area (TPSA) is 24.1 Å². The summed E-state index contributed by atoms with van der Waals surface area (Å²) < 4.78 is 26.5. The normalized spacial score (nSPS) is 10.5. The molecule has 2 N–H and O–H groups in total. The van der Waals surface area contributed by atoms with Crippen LogP contribution in [-0.2, 0) is 0 Å². The Labute approximate surface area is 131 Å². The van der Waals surface area contributed by atoms with Crippen molar-refractivity contribution in [1.29, 1.82) is 0 Å². The molecule has 0 atom stereocenters. The van der Waals surface area contributed by atoms with Crippen LogP contribution >= 0.6 is 12.2 Å². The first-order valence-corrected chi connectivity index (χ1v) is 7.05. The number of benzene rings is 3. The molecule has 0 bridgehead atoms. The van der Waals surface area contributed by atoms with Gasteiger partial charge < -0.3 is 10.6 Å². The van der Waals surface area contributed by atoms with Crippen molar-refractivity contribution in [3.8, 4) is 0 Å². The Morgan fingerprint density at radius 2 is 1.55 bits per heavy atom. The summed E-state index contributed by atoms with van der Waals surface area (Å²) >= 11 is 5.19. The van der Waals surface area contributed by atoms with Crippen LogP contribution in [0.3, 0.4) is 0 Å². The Morgan fingerprint density at radius 3 is 2.36 bits per heavy atom. The summed E-state index contributed by atoms with van der Waals surface area (Å²) in [6, 6.07) is 16.9. The lowest BCUT2D eigenvalue weighted by Gasteiger charge is -2.13. The molecule has 0 aliphatic carbocycles. The molecule has 5 heteroatoms. The number of halogens is 2. The highest BCUT2D eigenvalue weighted by atomic mass is 32.1. The molecule has 0 fully saturated rings. The molecule has 0 saturated carbocycles. The van der Waals surface area contributed by atoms with E-state index in [-0.39, 0.29) is 10.8 Å². The number of thiocarbonyl (C=S) groups is 1. The van der Waals surface area contributed by atoms with Crippen LogP contribution in [0.2, 0.25) is 0 Å². The molecule has 0 unspecified atom stereocenters. The van der Waals surface area contributed by atoms with E-state index < -0.39 is 11.6 Å². The molecule has 3 aromatic carbocycles. The number of hydrogen-bond acceptors (Lipinski definition) is 1. The van der Waals surface area contributed by atoms with Gasteiger partial charge in [0.05, 0.1) is 5.69 Å². The van der Waals surface area contributed by atoms with Crippen molar-refractivity contribution in [3.05, 3.63) is 72.3 Å². The zero-order valence-electron chi connectivity index (χ0n) is 11.4. The average molecular weight is 314 g/mol. The van der Waals surface area contributed by atoms with Crippen LogP contribution in [0.1, 0.15) is 0 Å². The summed E-state index contributed by atoms with van der Waals surface area (Å²) in [5.41, 5.74) is 0.942. The summed E-state index contributed by atoms with van der Waals surface area (Å²) in [6.45, 7) is 0. The number of hydrogen-bond donors (Lipinski definition) is 2. The zero-order chi connectivity index (χ0) is 15.5. The van der Waals surface area contributed by atoms with Gasteiger partial charge in [-0.25, -0.2) is 8.78 Å². The van der Waals surface area contributed by atoms with Crippen molar-refractivity contribution in [3.63, 3.8) is 0 Å². The Balaban J connectivity index is 1.81. The lowest BCUT2D eigenvalue weighted by Crippen LogP contribution is -2.20. The quantitative estimate of drug-likeness (QED) is 0.656. The van der Waals surface area contributed by atoms with Crippen LogP contribution in [0, 0.1) is 11.6 Å². The minimum absolute atomic E-state index is 0.124. The van der Waals surface area contributed by atoms with Gasteiger partial charge in [0, 0.05) is 17.1 Å². The van der Waals surface area contributed by atoms with Gasteiger partial charge >= 0.3 is 0 Å². The van der Waals surface area contributed by atoms with E-state index in [4.69, 9.17) is 12.2 Å². The van der Waals surface area contributed by atoms with Crippen LogP contribution in [0.15, 0.2) is 60.7 Å². The van der Waals surface area contributed by atoms with E-state index in [2.05, 4.69) is 10.6 Å². The Hall–Kier alpha value is -2.53. The molecule has 0 aromatic heterocycles. The first-order chi connectivity index (χ1) is 10.6. The maximum atomic E-state index is 13.6. The third kappa shape index (κ3) is 3.04. The molecule has 0 amide bonds. The predicted molar refractivity (Wildman–Crippen MR) is 90.1 cm³/mol. The van der Waals surface area contributed by atoms with Crippen LogP contribution in [0.25, 0.3) is 10.8 Å². The molecule has 3 aromatic rings. The third-order valence-corrected chi connectivity index (χ3v) is 3.42. The largest absolute Gasteiger partial charge is 0.332 e. The standard InChI is InChI=1S/C17H12F2N2S/c18-12-8-9-16(14(19)10-12)21-17(22)20-15-7-3-5-11-4-1-2-6-13(11)15/h1-10H,(H2,20,21,22). The van der Waals surface area contributed by atoms with Gasteiger partial charge in [-0.3, -0.25) is 0 Å². The second-order valence-corrected chi connectivity index (χ2v) is 5.14. The van der Waals surface area contributed by atoms with Crippen molar-refractivity contribution in [2.24, 2.45) is 0 Å². The van der Waals surface area contributed by atoms with E-state index in [1.165, 1.54) is 12.1 Å². The van der Waals surface area contributed by atoms with Crippen molar-refractivity contribution < 1.29 is 8.78 Å². The maximum Gasteiger partial charge on any atom is 0.175 e. The zero-order valence-corrected chi connectivity index (χ0v) is 12.3. The van der Waals surface area contributed by atoms with E-state index in [9.17, 15) is 8.78 Å². The SMILES string of the molecule is Fc1ccc(NC(=S)Nc2cccc3ccccc23)c(F)c1. The molecule has 22 heavy (non-hydrogen) atoms. The molecule has 0 aliphatic rings. The predicted octanol–water partition coefficient (Wildman–Crippen LogP) is 4.93.